The van der Waals surface area contributed by atoms with Crippen molar-refractivity contribution in [3.63, 3.8) is 0 Å². The predicted octanol–water partition coefficient (Wildman–Crippen LogP) is 1.73. The van der Waals surface area contributed by atoms with Gasteiger partial charge in [0.1, 0.15) is 11.6 Å². The van der Waals surface area contributed by atoms with Crippen molar-refractivity contribution < 1.29 is 32.2 Å². The van der Waals surface area contributed by atoms with Gasteiger partial charge in [-0.3, -0.25) is 4.79 Å². The van der Waals surface area contributed by atoms with Gasteiger partial charge in [0.25, 0.3) is 0 Å². The molecule has 2 aromatic carbocycles. The maximum atomic E-state index is 13.7. The van der Waals surface area contributed by atoms with Gasteiger partial charge in [0.05, 0.1) is 43.3 Å². The number of amides is 1. The molecule has 3 atom stereocenters. The summed E-state index contributed by atoms with van der Waals surface area (Å²) in [6.45, 7) is -0.338. The number of methoxy groups -OCH3 is 1. The number of carbonyl (C=O) groups is 1. The highest BCUT2D eigenvalue weighted by molar-refractivity contribution is 7.89. The van der Waals surface area contributed by atoms with Gasteiger partial charge in [-0.05, 0) is 43.2 Å². The number of ether oxygens (including phenoxy) is 2. The van der Waals surface area contributed by atoms with Crippen LogP contribution in [0.1, 0.15) is 24.8 Å². The lowest BCUT2D eigenvalue weighted by molar-refractivity contribution is -0.130. The minimum absolute atomic E-state index is 0.0307. The van der Waals surface area contributed by atoms with Crippen LogP contribution in [0.15, 0.2) is 53.4 Å². The van der Waals surface area contributed by atoms with Crippen molar-refractivity contribution in [1.29, 1.82) is 0 Å². The number of halogens is 1. The monoisotopic (exact) mass is 466 g/mol. The zero-order valence-corrected chi connectivity index (χ0v) is 18.5. The van der Waals surface area contributed by atoms with Gasteiger partial charge in [-0.15, -0.1) is 0 Å². The van der Waals surface area contributed by atoms with Crippen molar-refractivity contribution in [2.75, 3.05) is 13.7 Å². The molecule has 1 heterocycles. The maximum absolute atomic E-state index is 13.7. The van der Waals surface area contributed by atoms with E-state index in [2.05, 4.69) is 10.0 Å². The van der Waals surface area contributed by atoms with E-state index in [0.29, 0.717) is 24.2 Å². The van der Waals surface area contributed by atoms with Crippen LogP contribution in [0.4, 0.5) is 4.39 Å². The summed E-state index contributed by atoms with van der Waals surface area (Å²) in [6, 6.07) is 11.5. The van der Waals surface area contributed by atoms with Crippen molar-refractivity contribution in [2.45, 2.75) is 49.0 Å². The number of nitrogens with one attached hydrogen (secondary N) is 2. The normalized spacial score (nSPS) is 21.2. The van der Waals surface area contributed by atoms with Gasteiger partial charge in [-0.1, -0.05) is 18.2 Å². The fourth-order valence-corrected chi connectivity index (χ4v) is 4.85. The maximum Gasteiger partial charge on any atom is 0.240 e. The molecule has 0 bridgehead atoms. The molecule has 3 N–H and O–H groups in total. The van der Waals surface area contributed by atoms with Crippen molar-refractivity contribution in [1.82, 2.24) is 10.0 Å². The summed E-state index contributed by atoms with van der Waals surface area (Å²) >= 11 is 0. The Bertz CT molecular complexity index is 1020. The third-order valence-electron chi connectivity index (χ3n) is 5.32. The summed E-state index contributed by atoms with van der Waals surface area (Å²) in [4.78, 5) is 12.3. The van der Waals surface area contributed by atoms with Gasteiger partial charge in [-0.2, -0.15) is 0 Å². The van der Waals surface area contributed by atoms with Crippen LogP contribution in [0.2, 0.25) is 0 Å². The summed E-state index contributed by atoms with van der Waals surface area (Å²) in [5.41, 5.74) is 0.381. The molecule has 0 spiro atoms. The molecule has 2 aromatic rings. The minimum atomic E-state index is -3.82. The third-order valence-corrected chi connectivity index (χ3v) is 6.82. The first kappa shape index (κ1) is 24.1. The Morgan fingerprint density at radius 1 is 1.19 bits per heavy atom. The summed E-state index contributed by atoms with van der Waals surface area (Å²) in [6.07, 6.45) is -0.413. The van der Waals surface area contributed by atoms with Crippen LogP contribution in [-0.4, -0.2) is 51.4 Å². The molecule has 8 nitrogen and oxygen atoms in total. The van der Waals surface area contributed by atoms with E-state index in [-0.39, 0.29) is 23.8 Å². The molecule has 1 aliphatic heterocycles. The van der Waals surface area contributed by atoms with Crippen LogP contribution in [-0.2, 0) is 26.1 Å². The van der Waals surface area contributed by atoms with E-state index in [1.54, 1.807) is 30.3 Å². The Morgan fingerprint density at radius 3 is 2.56 bits per heavy atom. The van der Waals surface area contributed by atoms with Crippen LogP contribution >= 0.6 is 0 Å². The highest BCUT2D eigenvalue weighted by atomic mass is 32.2. The first-order valence-corrected chi connectivity index (χ1v) is 11.7. The molecule has 1 aliphatic rings. The van der Waals surface area contributed by atoms with Crippen molar-refractivity contribution in [3.05, 3.63) is 59.9 Å². The van der Waals surface area contributed by atoms with Crippen LogP contribution in [0.5, 0.6) is 5.75 Å². The smallest absolute Gasteiger partial charge is 0.240 e. The number of aliphatic hydroxyl groups excluding tert-OH is 1. The van der Waals surface area contributed by atoms with Crippen molar-refractivity contribution >= 4 is 15.9 Å². The first-order valence-electron chi connectivity index (χ1n) is 10.2. The van der Waals surface area contributed by atoms with Crippen LogP contribution in [0.3, 0.4) is 0 Å². The zero-order valence-electron chi connectivity index (χ0n) is 17.7. The molecular weight excluding hydrogens is 439 g/mol. The van der Waals surface area contributed by atoms with Crippen molar-refractivity contribution in [2.24, 2.45) is 0 Å². The number of hydrogen-bond acceptors (Lipinski definition) is 6. The van der Waals surface area contributed by atoms with Gasteiger partial charge in [-0.25, -0.2) is 17.5 Å². The van der Waals surface area contributed by atoms with Crippen LogP contribution in [0.25, 0.3) is 0 Å². The number of benzene rings is 2. The van der Waals surface area contributed by atoms with Gasteiger partial charge >= 0.3 is 0 Å². The predicted molar refractivity (Wildman–Crippen MR) is 115 cm³/mol. The summed E-state index contributed by atoms with van der Waals surface area (Å²) in [5.74, 6) is -0.171. The highest BCUT2D eigenvalue weighted by Gasteiger charge is 2.34. The number of aliphatic hydroxyl groups is 1. The average Bonchev–Trinajstić information content (AvgIpc) is 2.79. The van der Waals surface area contributed by atoms with E-state index in [1.165, 1.54) is 25.3 Å². The summed E-state index contributed by atoms with van der Waals surface area (Å²) in [7, 11) is -2.33. The summed E-state index contributed by atoms with van der Waals surface area (Å²) in [5, 5.41) is 12.4. The molecule has 3 rings (SSSR count). The highest BCUT2D eigenvalue weighted by Crippen LogP contribution is 2.24. The third kappa shape index (κ3) is 6.26. The van der Waals surface area contributed by atoms with Crippen LogP contribution < -0.4 is 14.8 Å². The number of carbonyl (C=O) groups excluding carboxylic acids is 1. The molecule has 0 aromatic heterocycles. The molecule has 174 valence electrons. The molecule has 32 heavy (non-hydrogen) atoms. The first-order chi connectivity index (χ1) is 15.3. The minimum Gasteiger partial charge on any atom is -0.497 e. The standard InChI is InChI=1S/C22H27FN2O6S/c1-30-16-6-9-18(10-7-16)32(28,29)25-20-11-8-17(31-21(20)14-26)12-22(27)24-13-15-4-2-3-5-19(15)23/h2-7,9-10,17,20-21,25-26H,8,11-14H2,1H3,(H,24,27)/t17-,20-,21-/m1/s1. The van der Waals surface area contributed by atoms with Crippen LogP contribution in [0, 0.1) is 5.82 Å². The van der Waals surface area contributed by atoms with Crippen molar-refractivity contribution in [3.8, 4) is 5.75 Å². The molecule has 1 amide bonds. The topological polar surface area (TPSA) is 114 Å². The van der Waals surface area contributed by atoms with E-state index in [0.717, 1.165) is 0 Å². The van der Waals surface area contributed by atoms with E-state index < -0.39 is 40.7 Å². The van der Waals surface area contributed by atoms with Gasteiger partial charge in [0.15, 0.2) is 0 Å². The van der Waals surface area contributed by atoms with Gasteiger partial charge in [0.2, 0.25) is 15.9 Å². The Kier molecular flexibility index (Phi) is 8.19. The second kappa shape index (κ2) is 10.9. The Morgan fingerprint density at radius 2 is 1.91 bits per heavy atom. The number of rotatable bonds is 9. The lowest BCUT2D eigenvalue weighted by Crippen LogP contribution is -2.51. The Labute approximate surface area is 186 Å². The lowest BCUT2D eigenvalue weighted by Gasteiger charge is -2.35. The molecule has 1 fully saturated rings. The van der Waals surface area contributed by atoms with E-state index >= 15 is 0 Å². The fraction of sp³-hybridized carbons (Fsp3) is 0.409. The van der Waals surface area contributed by atoms with Gasteiger partial charge in [0, 0.05) is 12.1 Å². The molecule has 0 unspecified atom stereocenters. The fourth-order valence-electron chi connectivity index (χ4n) is 3.55. The Hall–Kier alpha value is -2.53. The average molecular weight is 467 g/mol. The number of sulfonamides is 1. The molecule has 10 heteroatoms. The molecular formula is C22H27FN2O6S. The lowest BCUT2D eigenvalue weighted by atomic mass is 9.98. The van der Waals surface area contributed by atoms with Gasteiger partial charge < -0.3 is 19.9 Å². The SMILES string of the molecule is COc1ccc(S(=O)(=O)N[C@@H]2CC[C@H](CC(=O)NCc3ccccc3F)O[C@@H]2CO)cc1. The second-order valence-electron chi connectivity index (χ2n) is 7.53. The zero-order chi connectivity index (χ0) is 23.1. The molecule has 0 radical (unpaired) electrons. The quantitative estimate of drug-likeness (QED) is 0.519. The second-order valence-corrected chi connectivity index (χ2v) is 9.25. The largest absolute Gasteiger partial charge is 0.497 e. The molecule has 0 aliphatic carbocycles. The molecule has 1 saturated heterocycles. The molecule has 0 saturated carbocycles. The van der Waals surface area contributed by atoms with E-state index in [1.807, 2.05) is 0 Å². The van der Waals surface area contributed by atoms with E-state index in [9.17, 15) is 22.7 Å². The Balaban J connectivity index is 1.53. The van der Waals surface area contributed by atoms with E-state index in [4.69, 9.17) is 9.47 Å². The number of hydrogen-bond donors (Lipinski definition) is 3. The summed E-state index contributed by atoms with van der Waals surface area (Å²) < 4.78 is 52.4.